The maximum Gasteiger partial charge on any atom is 0.192 e. The van der Waals surface area contributed by atoms with Gasteiger partial charge in [0.15, 0.2) is 11.8 Å². The number of aryl methyl sites for hydroxylation is 1. The molecule has 1 aromatic rings. The molecule has 2 N–H and O–H groups in total. The third kappa shape index (κ3) is 6.31. The Kier molecular flexibility index (Phi) is 9.43. The van der Waals surface area contributed by atoms with E-state index in [-0.39, 0.29) is 0 Å². The molecule has 0 aromatic carbocycles. The molecule has 2 heterocycles. The van der Waals surface area contributed by atoms with Gasteiger partial charge in [-0.1, -0.05) is 32.8 Å². The lowest BCUT2D eigenvalue weighted by Crippen LogP contribution is -2.53. The summed E-state index contributed by atoms with van der Waals surface area (Å²) in [4.78, 5) is 7.27. The second kappa shape index (κ2) is 11.8. The molecule has 1 unspecified atom stereocenters. The summed E-state index contributed by atoms with van der Waals surface area (Å²) in [6.45, 7) is 15.9. The van der Waals surface area contributed by atoms with Gasteiger partial charge in [-0.05, 0) is 12.8 Å². The Hall–Kier alpha value is -1.93. The lowest BCUT2D eigenvalue weighted by atomic mass is 9.92. The Morgan fingerprint density at radius 3 is 2.54 bits per heavy atom. The van der Waals surface area contributed by atoms with Gasteiger partial charge < -0.3 is 19.9 Å². The molecule has 2 rings (SSSR count). The summed E-state index contributed by atoms with van der Waals surface area (Å²) in [6.07, 6.45) is 4.18. The number of morpholine rings is 1. The van der Waals surface area contributed by atoms with Gasteiger partial charge in [-0.25, -0.2) is 4.99 Å². The van der Waals surface area contributed by atoms with Gasteiger partial charge in [0.25, 0.3) is 0 Å². The van der Waals surface area contributed by atoms with Crippen LogP contribution >= 0.6 is 0 Å². The van der Waals surface area contributed by atoms with Crippen LogP contribution in [0.15, 0.2) is 17.6 Å². The molecule has 0 radical (unpaired) electrons. The fraction of sp³-hybridized carbons (Fsp3) is 0.750. The van der Waals surface area contributed by atoms with Crippen LogP contribution in [0, 0.1) is 12.8 Å². The van der Waals surface area contributed by atoms with Gasteiger partial charge in [-0.2, -0.15) is 0 Å². The highest BCUT2D eigenvalue weighted by Crippen LogP contribution is 2.19. The van der Waals surface area contributed by atoms with Crippen molar-refractivity contribution >= 4 is 5.96 Å². The van der Waals surface area contributed by atoms with Crippen molar-refractivity contribution in [2.45, 2.75) is 46.2 Å². The third-order valence-corrected chi connectivity index (χ3v) is 5.56. The van der Waals surface area contributed by atoms with E-state index in [4.69, 9.17) is 9.73 Å². The van der Waals surface area contributed by atoms with Crippen LogP contribution in [0.5, 0.6) is 0 Å². The first-order valence-electron chi connectivity index (χ1n) is 10.4. The maximum atomic E-state index is 5.55. The second-order valence-electron chi connectivity index (χ2n) is 7.23. The number of nitrogens with zero attached hydrogens (tertiary/aromatic N) is 5. The first kappa shape index (κ1) is 22.4. The van der Waals surface area contributed by atoms with Crippen molar-refractivity contribution in [2.24, 2.45) is 18.0 Å². The highest BCUT2D eigenvalue weighted by molar-refractivity contribution is 5.79. The Bertz CT molecular complexity index is 618. The molecule has 0 saturated carbocycles. The maximum absolute atomic E-state index is 5.55. The number of aromatic nitrogens is 3. The molecular formula is C20H37N7O. The van der Waals surface area contributed by atoms with Crippen LogP contribution in [0.2, 0.25) is 0 Å². The fourth-order valence-electron chi connectivity index (χ4n) is 3.62. The Labute approximate surface area is 169 Å². The number of aliphatic imine (C=N–C) groups is 1. The SMILES string of the molecule is C=CCNC(=NCc1nnc(C)n1C)NCC(C(CC)CC)N1CCOCC1. The van der Waals surface area contributed by atoms with E-state index in [2.05, 4.69) is 46.2 Å². The molecule has 0 aliphatic carbocycles. The molecule has 1 atom stereocenters. The molecule has 0 spiro atoms. The van der Waals surface area contributed by atoms with E-state index in [9.17, 15) is 0 Å². The van der Waals surface area contributed by atoms with Gasteiger partial charge in [0.05, 0.1) is 13.2 Å². The first-order chi connectivity index (χ1) is 13.6. The van der Waals surface area contributed by atoms with Crippen LogP contribution in [-0.4, -0.2) is 71.1 Å². The number of hydrogen-bond donors (Lipinski definition) is 2. The van der Waals surface area contributed by atoms with Crippen LogP contribution in [0.1, 0.15) is 38.3 Å². The lowest BCUT2D eigenvalue weighted by molar-refractivity contribution is 0.00272. The summed E-state index contributed by atoms with van der Waals surface area (Å²) in [6, 6.07) is 0.465. The Morgan fingerprint density at radius 2 is 1.96 bits per heavy atom. The molecule has 1 saturated heterocycles. The average molecular weight is 392 g/mol. The van der Waals surface area contributed by atoms with Gasteiger partial charge in [0.1, 0.15) is 12.4 Å². The van der Waals surface area contributed by atoms with Crippen molar-refractivity contribution in [3.8, 4) is 0 Å². The minimum absolute atomic E-state index is 0.465. The Balaban J connectivity index is 2.06. The van der Waals surface area contributed by atoms with Crippen LogP contribution < -0.4 is 10.6 Å². The van der Waals surface area contributed by atoms with E-state index in [1.807, 2.05) is 24.6 Å². The lowest BCUT2D eigenvalue weighted by Gasteiger charge is -2.39. The molecular weight excluding hydrogens is 354 g/mol. The number of hydrogen-bond acceptors (Lipinski definition) is 5. The van der Waals surface area contributed by atoms with E-state index >= 15 is 0 Å². The normalized spacial score (nSPS) is 17.0. The van der Waals surface area contributed by atoms with E-state index in [0.717, 1.165) is 50.5 Å². The quantitative estimate of drug-likeness (QED) is 0.357. The van der Waals surface area contributed by atoms with Crippen molar-refractivity contribution in [3.63, 3.8) is 0 Å². The predicted octanol–water partition coefficient (Wildman–Crippen LogP) is 1.48. The van der Waals surface area contributed by atoms with Gasteiger partial charge in [-0.3, -0.25) is 4.90 Å². The monoisotopic (exact) mass is 391 g/mol. The van der Waals surface area contributed by atoms with Crippen LogP contribution in [0.4, 0.5) is 0 Å². The number of rotatable bonds is 10. The van der Waals surface area contributed by atoms with Crippen LogP contribution in [-0.2, 0) is 18.3 Å². The van der Waals surface area contributed by atoms with Crippen LogP contribution in [0.3, 0.4) is 0 Å². The summed E-state index contributed by atoms with van der Waals surface area (Å²) in [5.74, 6) is 3.17. The summed E-state index contributed by atoms with van der Waals surface area (Å²) in [5.41, 5.74) is 0. The first-order valence-corrected chi connectivity index (χ1v) is 10.4. The zero-order valence-electron chi connectivity index (χ0n) is 17.9. The Morgan fingerprint density at radius 1 is 1.25 bits per heavy atom. The standard InChI is InChI=1S/C20H37N7O/c1-6-9-21-20(23-15-19-25-24-16(4)26(19)5)22-14-18(17(7-2)8-3)27-10-12-28-13-11-27/h6,17-18H,1,7-15H2,2-5H3,(H2,21,22,23). The molecule has 0 bridgehead atoms. The number of nitrogens with one attached hydrogen (secondary N) is 2. The minimum atomic E-state index is 0.465. The van der Waals surface area contributed by atoms with Gasteiger partial charge in [0.2, 0.25) is 0 Å². The molecule has 158 valence electrons. The van der Waals surface area contributed by atoms with E-state index in [0.29, 0.717) is 25.0 Å². The smallest absolute Gasteiger partial charge is 0.192 e. The number of ether oxygens (including phenoxy) is 1. The molecule has 8 heteroatoms. The third-order valence-electron chi connectivity index (χ3n) is 5.56. The highest BCUT2D eigenvalue weighted by atomic mass is 16.5. The molecule has 1 fully saturated rings. The largest absolute Gasteiger partial charge is 0.379 e. The molecule has 0 amide bonds. The zero-order chi connectivity index (χ0) is 20.4. The van der Waals surface area contributed by atoms with Gasteiger partial charge in [0, 0.05) is 39.3 Å². The molecule has 28 heavy (non-hydrogen) atoms. The van der Waals surface area contributed by atoms with Crippen molar-refractivity contribution in [1.82, 2.24) is 30.3 Å². The van der Waals surface area contributed by atoms with E-state index < -0.39 is 0 Å². The molecule has 1 aliphatic rings. The fourth-order valence-corrected chi connectivity index (χ4v) is 3.62. The molecule has 8 nitrogen and oxygen atoms in total. The highest BCUT2D eigenvalue weighted by Gasteiger charge is 2.27. The zero-order valence-corrected chi connectivity index (χ0v) is 17.9. The predicted molar refractivity (Wildman–Crippen MR) is 113 cm³/mol. The van der Waals surface area contributed by atoms with Gasteiger partial charge >= 0.3 is 0 Å². The van der Waals surface area contributed by atoms with Crippen molar-refractivity contribution in [3.05, 3.63) is 24.3 Å². The van der Waals surface area contributed by atoms with Crippen LogP contribution in [0.25, 0.3) is 0 Å². The van der Waals surface area contributed by atoms with E-state index in [1.54, 1.807) is 0 Å². The van der Waals surface area contributed by atoms with Crippen molar-refractivity contribution in [1.29, 1.82) is 0 Å². The minimum Gasteiger partial charge on any atom is -0.379 e. The second-order valence-corrected chi connectivity index (χ2v) is 7.23. The summed E-state index contributed by atoms with van der Waals surface area (Å²) >= 11 is 0. The van der Waals surface area contributed by atoms with Crippen molar-refractivity contribution in [2.75, 3.05) is 39.4 Å². The summed E-state index contributed by atoms with van der Waals surface area (Å²) < 4.78 is 7.52. The van der Waals surface area contributed by atoms with Gasteiger partial charge in [-0.15, -0.1) is 16.8 Å². The van der Waals surface area contributed by atoms with E-state index in [1.165, 1.54) is 12.8 Å². The summed E-state index contributed by atoms with van der Waals surface area (Å²) in [7, 11) is 1.96. The molecule has 1 aliphatic heterocycles. The topological polar surface area (TPSA) is 79.6 Å². The average Bonchev–Trinajstić information content (AvgIpc) is 3.05. The molecule has 1 aromatic heterocycles. The van der Waals surface area contributed by atoms with Crippen molar-refractivity contribution < 1.29 is 4.74 Å². The summed E-state index contributed by atoms with van der Waals surface area (Å²) in [5, 5.41) is 15.2. The number of guanidine groups is 1.